The Kier molecular flexibility index (Phi) is 5.58. The highest BCUT2D eigenvalue weighted by Crippen LogP contribution is 2.40. The van der Waals surface area contributed by atoms with Crippen molar-refractivity contribution >= 4 is 17.6 Å². The van der Waals surface area contributed by atoms with Crippen molar-refractivity contribution in [1.29, 1.82) is 0 Å². The molecule has 2 rings (SSSR count). The zero-order chi connectivity index (χ0) is 17.1. The molecule has 4 nitrogen and oxygen atoms in total. The second-order valence-electron chi connectivity index (χ2n) is 7.21. The first-order valence-corrected chi connectivity index (χ1v) is 8.64. The molecule has 0 aromatic carbocycles. The van der Waals surface area contributed by atoms with E-state index in [1.807, 2.05) is 26.8 Å². The zero-order valence-electron chi connectivity index (χ0n) is 14.2. The summed E-state index contributed by atoms with van der Waals surface area (Å²) >= 11 is 6.88. The normalized spacial score (nSPS) is 21.3. The fraction of sp³-hybridized carbons (Fsp3) is 0.611. The molecule has 1 heterocycles. The smallest absolute Gasteiger partial charge is 0.340 e. The van der Waals surface area contributed by atoms with Gasteiger partial charge < -0.3 is 15.8 Å². The summed E-state index contributed by atoms with van der Waals surface area (Å²) in [4.78, 5) is 11.8. The molecule has 3 N–H and O–H groups in total. The molecule has 0 atom stereocenters. The van der Waals surface area contributed by atoms with Crippen LogP contribution in [0.4, 0.5) is 0 Å². The van der Waals surface area contributed by atoms with Crippen LogP contribution >= 0.6 is 11.6 Å². The lowest BCUT2D eigenvalue weighted by molar-refractivity contribution is -0.149. The quantitative estimate of drug-likeness (QED) is 0.610. The van der Waals surface area contributed by atoms with E-state index in [4.69, 9.17) is 22.1 Å². The van der Waals surface area contributed by atoms with E-state index < -0.39 is 10.5 Å². The van der Waals surface area contributed by atoms with E-state index >= 15 is 0 Å². The molecule has 0 bridgehead atoms. The Hall–Kier alpha value is -1.26. The maximum Gasteiger partial charge on any atom is 0.340 e. The third-order valence-electron chi connectivity index (χ3n) is 4.11. The van der Waals surface area contributed by atoms with Crippen LogP contribution in [0.1, 0.15) is 52.9 Å². The van der Waals surface area contributed by atoms with Crippen LogP contribution in [-0.2, 0) is 9.53 Å². The Bertz CT molecular complexity index is 550. The highest BCUT2D eigenvalue weighted by atomic mass is 35.5. The van der Waals surface area contributed by atoms with Crippen LogP contribution < -0.4 is 11.1 Å². The van der Waals surface area contributed by atoms with Gasteiger partial charge in [-0.05, 0) is 45.3 Å². The van der Waals surface area contributed by atoms with Crippen LogP contribution in [0.25, 0.3) is 0 Å². The van der Waals surface area contributed by atoms with Crippen molar-refractivity contribution in [3.8, 4) is 0 Å². The van der Waals surface area contributed by atoms with E-state index in [-0.39, 0.29) is 5.97 Å². The van der Waals surface area contributed by atoms with Crippen molar-refractivity contribution in [2.75, 3.05) is 6.54 Å². The van der Waals surface area contributed by atoms with Gasteiger partial charge in [0.1, 0.15) is 5.60 Å². The average molecular weight is 339 g/mol. The monoisotopic (exact) mass is 338 g/mol. The van der Waals surface area contributed by atoms with E-state index in [1.165, 1.54) is 6.42 Å². The number of carbonyl (C=O) groups excluding carboxylic acids is 1. The number of esters is 1. The molecule has 0 saturated heterocycles. The van der Waals surface area contributed by atoms with E-state index in [9.17, 15) is 4.79 Å². The number of alkyl halides is 1. The van der Waals surface area contributed by atoms with E-state index in [1.54, 1.807) is 12.3 Å². The summed E-state index contributed by atoms with van der Waals surface area (Å²) < 4.78 is 5.43. The molecule has 1 fully saturated rings. The van der Waals surface area contributed by atoms with Gasteiger partial charge in [0.15, 0.2) is 0 Å². The van der Waals surface area contributed by atoms with Crippen LogP contribution in [-0.4, -0.2) is 23.0 Å². The van der Waals surface area contributed by atoms with Crippen molar-refractivity contribution in [2.24, 2.45) is 5.73 Å². The van der Waals surface area contributed by atoms with Crippen molar-refractivity contribution in [1.82, 2.24) is 5.32 Å². The van der Waals surface area contributed by atoms with Gasteiger partial charge in [0.25, 0.3) is 0 Å². The van der Waals surface area contributed by atoms with Crippen LogP contribution in [0, 0.1) is 0 Å². The zero-order valence-corrected chi connectivity index (χ0v) is 15.0. The average Bonchev–Trinajstić information content (AvgIpc) is 2.69. The van der Waals surface area contributed by atoms with Gasteiger partial charge in [-0.15, -0.1) is 11.6 Å². The second-order valence-corrected chi connectivity index (χ2v) is 7.93. The molecular formula is C18H27ClN2O2. The number of ether oxygens (including phenoxy) is 1. The van der Waals surface area contributed by atoms with Crippen molar-refractivity contribution < 1.29 is 9.53 Å². The summed E-state index contributed by atoms with van der Waals surface area (Å²) in [7, 11) is 0. The van der Waals surface area contributed by atoms with Crippen LogP contribution in [0.2, 0.25) is 0 Å². The molecule has 2 aliphatic rings. The van der Waals surface area contributed by atoms with Gasteiger partial charge in [0.05, 0.1) is 10.4 Å². The van der Waals surface area contributed by atoms with Crippen LogP contribution in [0.5, 0.6) is 0 Å². The Labute approximate surface area is 143 Å². The van der Waals surface area contributed by atoms with Crippen LogP contribution in [0.3, 0.4) is 0 Å². The molecule has 0 amide bonds. The number of hydrogen-bond donors (Lipinski definition) is 2. The largest absolute Gasteiger partial charge is 0.456 e. The fourth-order valence-corrected chi connectivity index (χ4v) is 3.42. The van der Waals surface area contributed by atoms with Gasteiger partial charge in [-0.25, -0.2) is 4.79 Å². The molecule has 0 aromatic rings. The predicted octanol–water partition coefficient (Wildman–Crippen LogP) is 3.53. The minimum absolute atomic E-state index is 0.355. The molecule has 0 spiro atoms. The lowest BCUT2D eigenvalue weighted by atomic mass is 9.84. The minimum atomic E-state index is -0.526. The lowest BCUT2D eigenvalue weighted by Crippen LogP contribution is -2.35. The standard InChI is InChI=1S/C18H27ClN2O2/c1-17(2,3)23-16(22)14-8-7-13(11-20)15(21-12-14)18(19)9-5-4-6-10-18/h7-8,12,21H,4-6,9-11,20H2,1-3H3. The molecule has 128 valence electrons. The highest BCUT2D eigenvalue weighted by molar-refractivity contribution is 6.26. The molecule has 1 aliphatic carbocycles. The van der Waals surface area contributed by atoms with E-state index in [2.05, 4.69) is 5.32 Å². The molecule has 5 heteroatoms. The maximum atomic E-state index is 12.3. The van der Waals surface area contributed by atoms with Gasteiger partial charge in [0.2, 0.25) is 0 Å². The van der Waals surface area contributed by atoms with Gasteiger partial charge in [0, 0.05) is 18.4 Å². The summed E-state index contributed by atoms with van der Waals surface area (Å²) in [5, 5.41) is 3.25. The summed E-state index contributed by atoms with van der Waals surface area (Å²) in [5.74, 6) is -0.355. The molecule has 1 aliphatic heterocycles. The van der Waals surface area contributed by atoms with Crippen molar-refractivity contribution in [3.05, 3.63) is 35.2 Å². The van der Waals surface area contributed by atoms with Gasteiger partial charge in [-0.1, -0.05) is 25.3 Å². The Morgan fingerprint density at radius 1 is 1.30 bits per heavy atom. The Balaban J connectivity index is 2.23. The number of rotatable bonds is 3. The van der Waals surface area contributed by atoms with Gasteiger partial charge in [-0.2, -0.15) is 0 Å². The number of carbonyl (C=O) groups is 1. The third kappa shape index (κ3) is 4.61. The van der Waals surface area contributed by atoms with Gasteiger partial charge >= 0.3 is 5.97 Å². The maximum absolute atomic E-state index is 12.3. The highest BCUT2D eigenvalue weighted by Gasteiger charge is 2.35. The van der Waals surface area contributed by atoms with E-state index in [0.29, 0.717) is 12.1 Å². The van der Waals surface area contributed by atoms with Crippen molar-refractivity contribution in [2.45, 2.75) is 63.4 Å². The van der Waals surface area contributed by atoms with E-state index in [0.717, 1.165) is 37.0 Å². The number of nitrogens with one attached hydrogen (secondary N) is 1. The number of allylic oxidation sites excluding steroid dienone is 1. The Morgan fingerprint density at radius 2 is 1.96 bits per heavy atom. The first kappa shape index (κ1) is 18.1. The Morgan fingerprint density at radius 3 is 2.52 bits per heavy atom. The molecular weight excluding hydrogens is 312 g/mol. The summed E-state index contributed by atoms with van der Waals surface area (Å²) in [6.45, 7) is 5.93. The lowest BCUT2D eigenvalue weighted by Gasteiger charge is -2.34. The number of nitrogens with two attached hydrogens (primary N) is 1. The first-order chi connectivity index (χ1) is 10.7. The molecule has 0 unspecified atom stereocenters. The molecule has 0 aromatic heterocycles. The number of hydrogen-bond acceptors (Lipinski definition) is 4. The first-order valence-electron chi connectivity index (χ1n) is 8.26. The summed E-state index contributed by atoms with van der Waals surface area (Å²) in [6, 6.07) is 0. The van der Waals surface area contributed by atoms with Crippen LogP contribution in [0.15, 0.2) is 35.2 Å². The second kappa shape index (κ2) is 7.10. The van der Waals surface area contributed by atoms with Gasteiger partial charge in [-0.3, -0.25) is 0 Å². The van der Waals surface area contributed by atoms with Crippen molar-refractivity contribution in [3.63, 3.8) is 0 Å². The minimum Gasteiger partial charge on any atom is -0.456 e. The SMILES string of the molecule is CC(C)(C)OC(=O)C1=CNC(C2(Cl)CCCCC2)=C(CN)C=C1. The molecule has 1 saturated carbocycles. The third-order valence-corrected chi connectivity index (χ3v) is 4.67. The predicted molar refractivity (Wildman–Crippen MR) is 94.0 cm³/mol. The molecule has 23 heavy (non-hydrogen) atoms. The number of halogens is 1. The topological polar surface area (TPSA) is 64.3 Å². The summed E-state index contributed by atoms with van der Waals surface area (Å²) in [6.07, 6.45) is 10.6. The fourth-order valence-electron chi connectivity index (χ4n) is 2.98. The summed E-state index contributed by atoms with van der Waals surface area (Å²) in [5.41, 5.74) is 7.72. The molecule has 0 radical (unpaired) electrons.